The van der Waals surface area contributed by atoms with E-state index in [1.807, 2.05) is 19.9 Å². The molecule has 3 aromatic rings. The summed E-state index contributed by atoms with van der Waals surface area (Å²) < 4.78 is 10.6. The minimum absolute atomic E-state index is 0.0286. The number of amides is 4. The van der Waals surface area contributed by atoms with Crippen molar-refractivity contribution in [1.82, 2.24) is 5.32 Å². The highest BCUT2D eigenvalue weighted by Crippen LogP contribution is 2.25. The van der Waals surface area contributed by atoms with Crippen molar-refractivity contribution in [2.45, 2.75) is 19.8 Å². The zero-order valence-electron chi connectivity index (χ0n) is 17.7. The molecule has 162 valence electrons. The summed E-state index contributed by atoms with van der Waals surface area (Å²) >= 11 is 0. The molecule has 0 radical (unpaired) electrons. The maximum absolute atomic E-state index is 13.0. The Labute approximate surface area is 183 Å². The van der Waals surface area contributed by atoms with Gasteiger partial charge in [-0.2, -0.15) is 0 Å². The topological polar surface area (TPSA) is 106 Å². The standard InChI is InChI=1S/C24H20N2O6/c1-13(2)14-4-9-20-18(10-14)21(27)15(12-32-20)11-19-22(28)25-24(30)26(23(19)29)16-5-7-17(31-3)8-6-16/h4-13H,1-3H3,(H,25,28,30). The van der Waals surface area contributed by atoms with Crippen molar-refractivity contribution in [2.24, 2.45) is 0 Å². The first kappa shape index (κ1) is 21.0. The van der Waals surface area contributed by atoms with Gasteiger partial charge in [0.2, 0.25) is 0 Å². The first-order valence-electron chi connectivity index (χ1n) is 9.91. The molecule has 1 saturated heterocycles. The predicted molar refractivity (Wildman–Crippen MR) is 119 cm³/mol. The molecule has 0 atom stereocenters. The van der Waals surface area contributed by atoms with Crippen molar-refractivity contribution in [3.8, 4) is 5.75 Å². The Balaban J connectivity index is 1.78. The van der Waals surface area contributed by atoms with Crippen LogP contribution in [0.15, 0.2) is 63.5 Å². The van der Waals surface area contributed by atoms with Gasteiger partial charge in [-0.1, -0.05) is 19.9 Å². The van der Waals surface area contributed by atoms with Crippen LogP contribution in [0.2, 0.25) is 0 Å². The smallest absolute Gasteiger partial charge is 0.335 e. The van der Waals surface area contributed by atoms with Crippen molar-refractivity contribution in [3.63, 3.8) is 0 Å². The van der Waals surface area contributed by atoms with Crippen LogP contribution in [0.4, 0.5) is 10.5 Å². The van der Waals surface area contributed by atoms with E-state index in [0.717, 1.165) is 16.5 Å². The maximum Gasteiger partial charge on any atom is 0.335 e. The quantitative estimate of drug-likeness (QED) is 0.499. The number of carbonyl (C=O) groups excluding carboxylic acids is 3. The number of ether oxygens (including phenoxy) is 1. The normalized spacial score (nSPS) is 15.6. The molecule has 1 aromatic heterocycles. The number of anilines is 1. The zero-order chi connectivity index (χ0) is 23.0. The Morgan fingerprint density at radius 2 is 1.75 bits per heavy atom. The highest BCUT2D eigenvalue weighted by Gasteiger charge is 2.37. The summed E-state index contributed by atoms with van der Waals surface area (Å²) in [5.74, 6) is -0.991. The summed E-state index contributed by atoms with van der Waals surface area (Å²) in [4.78, 5) is 51.7. The Morgan fingerprint density at radius 3 is 2.41 bits per heavy atom. The third kappa shape index (κ3) is 3.66. The van der Waals surface area contributed by atoms with Gasteiger partial charge in [0.15, 0.2) is 5.43 Å². The largest absolute Gasteiger partial charge is 0.497 e. The van der Waals surface area contributed by atoms with Gasteiger partial charge < -0.3 is 9.15 Å². The lowest BCUT2D eigenvalue weighted by Crippen LogP contribution is -2.54. The molecule has 0 bridgehead atoms. The first-order valence-corrected chi connectivity index (χ1v) is 9.91. The lowest BCUT2D eigenvalue weighted by molar-refractivity contribution is -0.122. The van der Waals surface area contributed by atoms with Crippen LogP contribution in [-0.4, -0.2) is 25.0 Å². The molecule has 1 aliphatic heterocycles. The van der Waals surface area contributed by atoms with Crippen molar-refractivity contribution in [3.05, 3.63) is 75.7 Å². The fourth-order valence-electron chi connectivity index (χ4n) is 3.40. The molecule has 1 N–H and O–H groups in total. The third-order valence-corrected chi connectivity index (χ3v) is 5.22. The van der Waals surface area contributed by atoms with E-state index in [0.29, 0.717) is 16.7 Å². The summed E-state index contributed by atoms with van der Waals surface area (Å²) in [6.45, 7) is 4.01. The SMILES string of the molecule is COc1ccc(N2C(=O)NC(=O)C(=Cc3coc4ccc(C(C)C)cc4c3=O)C2=O)cc1. The average Bonchev–Trinajstić information content (AvgIpc) is 2.78. The molecule has 4 rings (SSSR count). The summed E-state index contributed by atoms with van der Waals surface area (Å²) in [5, 5.41) is 2.48. The maximum atomic E-state index is 13.0. The number of hydrogen-bond donors (Lipinski definition) is 1. The van der Waals surface area contributed by atoms with Crippen molar-refractivity contribution < 1.29 is 23.5 Å². The van der Waals surface area contributed by atoms with Crippen LogP contribution in [0, 0.1) is 0 Å². The van der Waals surface area contributed by atoms with E-state index in [1.54, 1.807) is 24.3 Å². The predicted octanol–water partition coefficient (Wildman–Crippen LogP) is 3.59. The number of hydrogen-bond acceptors (Lipinski definition) is 6. The molecule has 1 aliphatic rings. The van der Waals surface area contributed by atoms with Crippen molar-refractivity contribution >= 4 is 40.6 Å². The van der Waals surface area contributed by atoms with E-state index >= 15 is 0 Å². The molecule has 2 heterocycles. The Morgan fingerprint density at radius 1 is 1.03 bits per heavy atom. The fraction of sp³-hybridized carbons (Fsp3) is 0.167. The lowest BCUT2D eigenvalue weighted by Gasteiger charge is -2.26. The number of carbonyl (C=O) groups is 3. The number of imide groups is 2. The number of benzene rings is 2. The van der Waals surface area contributed by atoms with Gasteiger partial charge in [-0.15, -0.1) is 0 Å². The number of nitrogens with one attached hydrogen (secondary N) is 1. The molecule has 0 saturated carbocycles. The van der Waals surface area contributed by atoms with Crippen LogP contribution in [0.3, 0.4) is 0 Å². The van der Waals surface area contributed by atoms with Crippen molar-refractivity contribution in [1.29, 1.82) is 0 Å². The van der Waals surface area contributed by atoms with E-state index in [1.165, 1.54) is 25.5 Å². The van der Waals surface area contributed by atoms with Gasteiger partial charge in [-0.25, -0.2) is 9.69 Å². The van der Waals surface area contributed by atoms with Gasteiger partial charge in [-0.3, -0.25) is 19.7 Å². The third-order valence-electron chi connectivity index (χ3n) is 5.22. The number of nitrogens with zero attached hydrogens (tertiary/aromatic N) is 1. The van der Waals surface area contributed by atoms with Crippen LogP contribution in [-0.2, 0) is 9.59 Å². The molecule has 1 fully saturated rings. The van der Waals surface area contributed by atoms with E-state index in [2.05, 4.69) is 5.32 Å². The van der Waals surface area contributed by atoms with E-state index < -0.39 is 17.8 Å². The molecule has 0 unspecified atom stereocenters. The number of rotatable bonds is 4. The molecule has 0 spiro atoms. The molecule has 4 amide bonds. The Kier molecular flexibility index (Phi) is 5.36. The van der Waals surface area contributed by atoms with Gasteiger partial charge in [0.05, 0.1) is 23.7 Å². The number of fused-ring (bicyclic) bond motifs is 1. The Hall–Kier alpha value is -4.20. The molecule has 32 heavy (non-hydrogen) atoms. The highest BCUT2D eigenvalue weighted by molar-refractivity contribution is 6.39. The second-order valence-electron chi connectivity index (χ2n) is 7.59. The molecular formula is C24H20N2O6. The number of barbiturate groups is 1. The second kappa shape index (κ2) is 8.14. The van der Waals surface area contributed by atoms with Crippen LogP contribution >= 0.6 is 0 Å². The van der Waals surface area contributed by atoms with E-state index in [-0.39, 0.29) is 28.2 Å². The van der Waals surface area contributed by atoms with Crippen LogP contribution in [0.25, 0.3) is 17.0 Å². The minimum atomic E-state index is -0.889. The zero-order valence-corrected chi connectivity index (χ0v) is 17.7. The highest BCUT2D eigenvalue weighted by atomic mass is 16.5. The summed E-state index contributed by atoms with van der Waals surface area (Å²) in [6.07, 6.45) is 2.34. The van der Waals surface area contributed by atoms with Crippen LogP contribution in [0.1, 0.15) is 30.9 Å². The molecule has 8 heteroatoms. The average molecular weight is 432 g/mol. The van der Waals surface area contributed by atoms with E-state index in [9.17, 15) is 19.2 Å². The minimum Gasteiger partial charge on any atom is -0.497 e. The molecule has 2 aromatic carbocycles. The Bertz CT molecular complexity index is 1330. The molecular weight excluding hydrogens is 412 g/mol. The van der Waals surface area contributed by atoms with Crippen molar-refractivity contribution in [2.75, 3.05) is 12.0 Å². The molecule has 8 nitrogen and oxygen atoms in total. The second-order valence-corrected chi connectivity index (χ2v) is 7.59. The van der Waals surface area contributed by atoms with E-state index in [4.69, 9.17) is 9.15 Å². The lowest BCUT2D eigenvalue weighted by atomic mass is 10.0. The van der Waals surface area contributed by atoms with Gasteiger partial charge in [-0.05, 0) is 54.0 Å². The summed E-state index contributed by atoms with van der Waals surface area (Å²) in [7, 11) is 1.49. The monoisotopic (exact) mass is 432 g/mol. The fourth-order valence-corrected chi connectivity index (χ4v) is 3.40. The van der Waals surface area contributed by atoms with Crippen LogP contribution in [0.5, 0.6) is 5.75 Å². The summed E-state index contributed by atoms with van der Waals surface area (Å²) in [6, 6.07) is 10.7. The first-order chi connectivity index (χ1) is 15.3. The van der Waals surface area contributed by atoms with Crippen LogP contribution < -0.4 is 20.4 Å². The van der Waals surface area contributed by atoms with Gasteiger partial charge in [0.1, 0.15) is 23.2 Å². The summed E-state index contributed by atoms with van der Waals surface area (Å²) in [5.41, 5.74) is 0.898. The number of urea groups is 1. The number of methoxy groups -OCH3 is 1. The van der Waals surface area contributed by atoms with Gasteiger partial charge >= 0.3 is 6.03 Å². The van der Waals surface area contributed by atoms with Gasteiger partial charge in [0.25, 0.3) is 11.8 Å². The molecule has 0 aliphatic carbocycles. The van der Waals surface area contributed by atoms with Gasteiger partial charge in [0, 0.05) is 0 Å².